The Hall–Kier alpha value is -2.87. The van der Waals surface area contributed by atoms with Crippen LogP contribution in [0.4, 0.5) is 0 Å². The summed E-state index contributed by atoms with van der Waals surface area (Å²) >= 11 is 0. The highest BCUT2D eigenvalue weighted by Gasteiger charge is 2.20. The SMILES string of the molecule is CC.CC.CC.O=c1c2ccccc2c2cccc3c2n1-c1ccccc1C3. The minimum absolute atomic E-state index is 0.0719. The van der Waals surface area contributed by atoms with Gasteiger partial charge in [-0.1, -0.05) is 96.1 Å². The Bertz CT molecular complexity index is 1120. The van der Waals surface area contributed by atoms with Crippen LogP contribution in [0.1, 0.15) is 52.7 Å². The van der Waals surface area contributed by atoms with Crippen molar-refractivity contribution in [2.45, 2.75) is 48.0 Å². The topological polar surface area (TPSA) is 22.0 Å². The van der Waals surface area contributed by atoms with Crippen LogP contribution in [0.25, 0.3) is 27.4 Å². The number of nitrogens with zero attached hydrogens (tertiary/aromatic N) is 1. The van der Waals surface area contributed by atoms with E-state index in [1.54, 1.807) is 0 Å². The summed E-state index contributed by atoms with van der Waals surface area (Å²) in [6.07, 6.45) is 0.880. The lowest BCUT2D eigenvalue weighted by atomic mass is 9.94. The predicted octanol–water partition coefficient (Wildman–Crippen LogP) is 7.13. The second-order valence-corrected chi connectivity index (χ2v) is 5.80. The van der Waals surface area contributed by atoms with E-state index in [0.29, 0.717) is 0 Å². The minimum Gasteiger partial charge on any atom is -0.276 e. The molecule has 0 aliphatic carbocycles. The molecule has 0 bridgehead atoms. The summed E-state index contributed by atoms with van der Waals surface area (Å²) in [5.41, 5.74) is 4.58. The number of hydrogen-bond donors (Lipinski definition) is 0. The highest BCUT2D eigenvalue weighted by atomic mass is 16.1. The zero-order chi connectivity index (χ0) is 20.7. The maximum atomic E-state index is 13.1. The van der Waals surface area contributed by atoms with Gasteiger partial charge in [0.25, 0.3) is 5.56 Å². The monoisotopic (exact) mass is 373 g/mol. The van der Waals surface area contributed by atoms with Crippen molar-refractivity contribution in [2.75, 3.05) is 0 Å². The summed E-state index contributed by atoms with van der Waals surface area (Å²) in [5.74, 6) is 0. The highest BCUT2D eigenvalue weighted by Crippen LogP contribution is 2.33. The van der Waals surface area contributed by atoms with E-state index in [4.69, 9.17) is 0 Å². The van der Waals surface area contributed by atoms with Crippen molar-refractivity contribution in [3.8, 4) is 5.69 Å². The molecule has 1 aromatic heterocycles. The third-order valence-corrected chi connectivity index (χ3v) is 4.61. The smallest absolute Gasteiger partial charge is 0.263 e. The fraction of sp³-hybridized carbons (Fsp3) is 0.269. The van der Waals surface area contributed by atoms with Crippen LogP contribution in [0.15, 0.2) is 71.5 Å². The van der Waals surface area contributed by atoms with Crippen molar-refractivity contribution in [3.63, 3.8) is 0 Å². The van der Waals surface area contributed by atoms with Crippen LogP contribution in [0.2, 0.25) is 0 Å². The molecule has 0 fully saturated rings. The van der Waals surface area contributed by atoms with Gasteiger partial charge in [0.2, 0.25) is 0 Å². The summed E-state index contributed by atoms with van der Waals surface area (Å²) in [5, 5.41) is 2.98. The van der Waals surface area contributed by atoms with E-state index in [9.17, 15) is 4.79 Å². The van der Waals surface area contributed by atoms with E-state index in [-0.39, 0.29) is 5.56 Å². The average Bonchev–Trinajstić information content (AvgIpc) is 2.80. The van der Waals surface area contributed by atoms with Gasteiger partial charge in [0.05, 0.1) is 11.2 Å². The molecule has 0 saturated heterocycles. The van der Waals surface area contributed by atoms with E-state index in [0.717, 1.165) is 33.8 Å². The van der Waals surface area contributed by atoms with Gasteiger partial charge in [-0.3, -0.25) is 9.36 Å². The molecule has 146 valence electrons. The Kier molecular flexibility index (Phi) is 7.57. The molecule has 2 heteroatoms. The number of para-hydroxylation sites is 2. The molecule has 0 unspecified atom stereocenters. The molecule has 4 aromatic rings. The summed E-state index contributed by atoms with van der Waals surface area (Å²) in [4.78, 5) is 13.1. The van der Waals surface area contributed by atoms with Crippen LogP contribution in [0, 0.1) is 0 Å². The van der Waals surface area contributed by atoms with Gasteiger partial charge >= 0.3 is 0 Å². The van der Waals surface area contributed by atoms with E-state index in [1.165, 1.54) is 11.1 Å². The molecule has 2 heterocycles. The Morgan fingerprint density at radius 1 is 0.607 bits per heavy atom. The first-order chi connectivity index (χ1) is 13.8. The molecule has 28 heavy (non-hydrogen) atoms. The Morgan fingerprint density at radius 2 is 1.14 bits per heavy atom. The van der Waals surface area contributed by atoms with Crippen LogP contribution in [0.3, 0.4) is 0 Å². The fourth-order valence-electron chi connectivity index (χ4n) is 3.66. The van der Waals surface area contributed by atoms with Crippen LogP contribution in [-0.4, -0.2) is 4.57 Å². The highest BCUT2D eigenvalue weighted by molar-refractivity contribution is 6.07. The van der Waals surface area contributed by atoms with Crippen molar-refractivity contribution in [1.29, 1.82) is 0 Å². The first-order valence-electron chi connectivity index (χ1n) is 10.5. The molecule has 0 saturated carbocycles. The van der Waals surface area contributed by atoms with E-state index >= 15 is 0 Å². The lowest BCUT2D eigenvalue weighted by molar-refractivity contribution is 0.977. The number of benzene rings is 3. The molecule has 0 N–H and O–H groups in total. The van der Waals surface area contributed by atoms with Crippen molar-refractivity contribution in [2.24, 2.45) is 0 Å². The molecular weight excluding hydrogens is 342 g/mol. The predicted molar refractivity (Wildman–Crippen MR) is 124 cm³/mol. The van der Waals surface area contributed by atoms with Crippen molar-refractivity contribution >= 4 is 21.7 Å². The molecule has 0 atom stereocenters. The lowest BCUT2D eigenvalue weighted by Crippen LogP contribution is -2.23. The third-order valence-electron chi connectivity index (χ3n) is 4.61. The standard InChI is InChI=1S/C20H13NO.3C2H6/c22-20-17-9-3-2-8-15(17)16-10-5-7-14-12-13-6-1-4-11-18(13)21(20)19(14)16;3*1-2/h1-11H,12H2;3*1-2H3. The molecule has 0 spiro atoms. The van der Waals surface area contributed by atoms with Crippen LogP contribution in [0.5, 0.6) is 0 Å². The van der Waals surface area contributed by atoms with Crippen LogP contribution in [-0.2, 0) is 6.42 Å². The third kappa shape index (κ3) is 3.47. The van der Waals surface area contributed by atoms with Gasteiger partial charge in [-0.05, 0) is 28.6 Å². The molecule has 1 aliphatic heterocycles. The summed E-state index contributed by atoms with van der Waals surface area (Å²) in [6.45, 7) is 12.0. The molecule has 3 aromatic carbocycles. The average molecular weight is 374 g/mol. The maximum absolute atomic E-state index is 13.1. The first kappa shape index (κ1) is 21.4. The van der Waals surface area contributed by atoms with Gasteiger partial charge in [-0.2, -0.15) is 0 Å². The molecule has 0 radical (unpaired) electrons. The number of aromatic nitrogens is 1. The van der Waals surface area contributed by atoms with Crippen molar-refractivity contribution in [3.05, 3.63) is 88.2 Å². The van der Waals surface area contributed by atoms with E-state index in [2.05, 4.69) is 24.3 Å². The number of hydrogen-bond acceptors (Lipinski definition) is 1. The Morgan fingerprint density at radius 3 is 1.86 bits per heavy atom. The summed E-state index contributed by atoms with van der Waals surface area (Å²) in [7, 11) is 0. The fourth-order valence-corrected chi connectivity index (χ4v) is 3.66. The van der Waals surface area contributed by atoms with Crippen LogP contribution < -0.4 is 5.56 Å². The van der Waals surface area contributed by atoms with Gasteiger partial charge in [0, 0.05) is 17.2 Å². The number of pyridine rings is 1. The largest absolute Gasteiger partial charge is 0.276 e. The number of rotatable bonds is 0. The normalized spacial score (nSPS) is 10.5. The second-order valence-electron chi connectivity index (χ2n) is 5.80. The summed E-state index contributed by atoms with van der Waals surface area (Å²) < 4.78 is 1.89. The molecule has 1 aliphatic rings. The molecular formula is C26H31NO. The van der Waals surface area contributed by atoms with E-state index in [1.807, 2.05) is 88.6 Å². The first-order valence-corrected chi connectivity index (χ1v) is 10.5. The lowest BCUT2D eigenvalue weighted by Gasteiger charge is -2.23. The number of fused-ring (bicyclic) bond motifs is 4. The maximum Gasteiger partial charge on any atom is 0.263 e. The zero-order valence-electron chi connectivity index (χ0n) is 17.9. The van der Waals surface area contributed by atoms with Gasteiger partial charge in [-0.15, -0.1) is 0 Å². The summed E-state index contributed by atoms with van der Waals surface area (Å²) in [6, 6.07) is 22.4. The van der Waals surface area contributed by atoms with Crippen LogP contribution >= 0.6 is 0 Å². The zero-order valence-corrected chi connectivity index (χ0v) is 17.9. The van der Waals surface area contributed by atoms with Gasteiger partial charge < -0.3 is 0 Å². The van der Waals surface area contributed by atoms with Gasteiger partial charge in [0.1, 0.15) is 0 Å². The molecule has 2 nitrogen and oxygen atoms in total. The molecule has 5 rings (SSSR count). The molecule has 0 amide bonds. The minimum atomic E-state index is 0.0719. The second kappa shape index (κ2) is 9.89. The van der Waals surface area contributed by atoms with Gasteiger partial charge in [-0.25, -0.2) is 0 Å². The van der Waals surface area contributed by atoms with Gasteiger partial charge in [0.15, 0.2) is 0 Å². The van der Waals surface area contributed by atoms with Crippen molar-refractivity contribution in [1.82, 2.24) is 4.57 Å². The van der Waals surface area contributed by atoms with Crippen molar-refractivity contribution < 1.29 is 0 Å². The Labute approximate surface area is 168 Å². The quantitative estimate of drug-likeness (QED) is 0.265. The Balaban J connectivity index is 0.000000430. The van der Waals surface area contributed by atoms with E-state index < -0.39 is 0 Å².